The van der Waals surface area contributed by atoms with Crippen LogP contribution >= 0.6 is 0 Å². The van der Waals surface area contributed by atoms with Crippen molar-refractivity contribution in [1.82, 2.24) is 24.9 Å². The number of amides is 1. The van der Waals surface area contributed by atoms with Crippen LogP contribution in [0.5, 0.6) is 0 Å². The Morgan fingerprint density at radius 3 is 2.50 bits per heavy atom. The zero-order valence-corrected chi connectivity index (χ0v) is 16.0. The summed E-state index contributed by atoms with van der Waals surface area (Å²) in [5.74, 6) is -0.146. The van der Waals surface area contributed by atoms with E-state index < -0.39 is 6.04 Å². The van der Waals surface area contributed by atoms with Crippen molar-refractivity contribution < 1.29 is 9.18 Å². The molecule has 7 nitrogen and oxygen atoms in total. The molecule has 0 spiro atoms. The van der Waals surface area contributed by atoms with Crippen LogP contribution in [0.25, 0.3) is 5.82 Å². The van der Waals surface area contributed by atoms with Gasteiger partial charge in [-0.15, -0.1) is 5.10 Å². The van der Waals surface area contributed by atoms with Crippen LogP contribution in [0.2, 0.25) is 0 Å². The summed E-state index contributed by atoms with van der Waals surface area (Å²) < 4.78 is 15.7. The molecule has 1 atom stereocenters. The van der Waals surface area contributed by atoms with Gasteiger partial charge in [0.25, 0.3) is 5.56 Å². The maximum Gasteiger partial charge on any atom is 0.267 e. The normalized spacial score (nSPS) is 12.0. The van der Waals surface area contributed by atoms with Crippen molar-refractivity contribution in [2.24, 2.45) is 0 Å². The molecule has 0 fully saturated rings. The number of halogens is 1. The second-order valence-electron chi connectivity index (χ2n) is 6.66. The lowest BCUT2D eigenvalue weighted by Gasteiger charge is -2.15. The molecule has 146 valence electrons. The summed E-state index contributed by atoms with van der Waals surface area (Å²) in [5, 5.41) is 11.5. The molecule has 3 aromatic rings. The fourth-order valence-corrected chi connectivity index (χ4v) is 2.91. The van der Waals surface area contributed by atoms with E-state index in [9.17, 15) is 14.0 Å². The minimum atomic E-state index is -0.780. The molecule has 1 aromatic carbocycles. The van der Waals surface area contributed by atoms with Gasteiger partial charge in [-0.3, -0.25) is 9.59 Å². The third kappa shape index (κ3) is 4.33. The van der Waals surface area contributed by atoms with Crippen LogP contribution in [0.3, 0.4) is 0 Å². The maximum atomic E-state index is 12.9. The highest BCUT2D eigenvalue weighted by Crippen LogP contribution is 2.10. The van der Waals surface area contributed by atoms with Gasteiger partial charge in [-0.2, -0.15) is 5.10 Å². The van der Waals surface area contributed by atoms with Crippen LogP contribution in [-0.2, 0) is 11.2 Å². The number of carbonyl (C=O) groups excluding carboxylic acids is 1. The zero-order valence-electron chi connectivity index (χ0n) is 16.0. The van der Waals surface area contributed by atoms with Crippen molar-refractivity contribution in [3.05, 3.63) is 75.6 Å². The Balaban J connectivity index is 1.70. The van der Waals surface area contributed by atoms with Crippen molar-refractivity contribution in [3.8, 4) is 5.82 Å². The van der Waals surface area contributed by atoms with Crippen molar-refractivity contribution in [2.45, 2.75) is 33.2 Å². The van der Waals surface area contributed by atoms with Gasteiger partial charge in [-0.25, -0.2) is 13.8 Å². The lowest BCUT2D eigenvalue weighted by Crippen LogP contribution is -2.38. The smallest absolute Gasteiger partial charge is 0.267 e. The Hall–Kier alpha value is -3.29. The van der Waals surface area contributed by atoms with Crippen LogP contribution in [0.4, 0.5) is 4.39 Å². The highest BCUT2D eigenvalue weighted by atomic mass is 19.1. The molecule has 0 saturated heterocycles. The number of carbonyl (C=O) groups is 1. The van der Waals surface area contributed by atoms with Crippen LogP contribution in [0.15, 0.2) is 47.3 Å². The molecule has 0 radical (unpaired) electrons. The largest absolute Gasteiger partial charge is 0.354 e. The van der Waals surface area contributed by atoms with Crippen LogP contribution < -0.4 is 10.9 Å². The Labute approximate surface area is 161 Å². The summed E-state index contributed by atoms with van der Waals surface area (Å²) >= 11 is 0. The Bertz CT molecular complexity index is 1040. The number of benzene rings is 1. The third-order valence-electron chi connectivity index (χ3n) is 4.41. The topological polar surface area (TPSA) is 81.8 Å². The predicted molar refractivity (Wildman–Crippen MR) is 103 cm³/mol. The van der Waals surface area contributed by atoms with E-state index in [4.69, 9.17) is 0 Å². The molecule has 0 aliphatic rings. The van der Waals surface area contributed by atoms with E-state index in [2.05, 4.69) is 15.5 Å². The van der Waals surface area contributed by atoms with Crippen molar-refractivity contribution in [2.75, 3.05) is 6.54 Å². The van der Waals surface area contributed by atoms with Crippen molar-refractivity contribution >= 4 is 5.91 Å². The minimum absolute atomic E-state index is 0.297. The van der Waals surface area contributed by atoms with E-state index in [0.717, 1.165) is 21.6 Å². The summed E-state index contributed by atoms with van der Waals surface area (Å²) in [5.41, 5.74) is 2.26. The quantitative estimate of drug-likeness (QED) is 0.707. The first-order chi connectivity index (χ1) is 13.3. The predicted octanol–water partition coefficient (Wildman–Crippen LogP) is 2.10. The van der Waals surface area contributed by atoms with Crippen LogP contribution in [0.1, 0.15) is 29.9 Å². The van der Waals surface area contributed by atoms with Crippen LogP contribution in [0, 0.1) is 19.7 Å². The number of aromatic nitrogens is 4. The van der Waals surface area contributed by atoms with Gasteiger partial charge >= 0.3 is 0 Å². The van der Waals surface area contributed by atoms with E-state index in [0.29, 0.717) is 18.8 Å². The Morgan fingerprint density at radius 2 is 1.86 bits per heavy atom. The minimum Gasteiger partial charge on any atom is -0.354 e. The highest BCUT2D eigenvalue weighted by Gasteiger charge is 2.18. The molecular weight excluding hydrogens is 361 g/mol. The number of aryl methyl sites for hydroxylation is 2. The molecule has 1 amide bonds. The van der Waals surface area contributed by atoms with E-state index in [1.165, 1.54) is 18.2 Å². The van der Waals surface area contributed by atoms with Gasteiger partial charge in [0.2, 0.25) is 5.91 Å². The second kappa shape index (κ2) is 8.16. The molecule has 0 aliphatic carbocycles. The van der Waals surface area contributed by atoms with E-state index in [1.807, 2.05) is 19.9 Å². The summed E-state index contributed by atoms with van der Waals surface area (Å²) in [6.07, 6.45) is 0.562. The SMILES string of the molecule is Cc1cc(C)n(-c2ccc(=O)n(C(C)C(=O)NCCc3ccc(F)cc3)n2)n1. The molecule has 0 aliphatic heterocycles. The summed E-state index contributed by atoms with van der Waals surface area (Å²) in [6.45, 7) is 5.76. The van der Waals surface area contributed by atoms with E-state index >= 15 is 0 Å². The molecule has 2 heterocycles. The molecule has 1 N–H and O–H groups in total. The van der Waals surface area contributed by atoms with Gasteiger partial charge in [0.15, 0.2) is 5.82 Å². The molecule has 3 rings (SSSR count). The molecule has 8 heteroatoms. The van der Waals surface area contributed by atoms with Gasteiger partial charge in [0, 0.05) is 18.3 Å². The lowest BCUT2D eigenvalue weighted by molar-refractivity contribution is -0.124. The highest BCUT2D eigenvalue weighted by molar-refractivity contribution is 5.79. The molecule has 1 unspecified atom stereocenters. The summed E-state index contributed by atoms with van der Waals surface area (Å²) in [6, 6.07) is 10.2. The molecule has 2 aromatic heterocycles. The van der Waals surface area contributed by atoms with Crippen molar-refractivity contribution in [1.29, 1.82) is 0 Å². The summed E-state index contributed by atoms with van der Waals surface area (Å²) in [4.78, 5) is 24.7. The fraction of sp³-hybridized carbons (Fsp3) is 0.300. The van der Waals surface area contributed by atoms with Gasteiger partial charge in [0.05, 0.1) is 5.69 Å². The number of rotatable bonds is 6. The van der Waals surface area contributed by atoms with Gasteiger partial charge in [-0.05, 0) is 57.0 Å². The van der Waals surface area contributed by atoms with E-state index in [1.54, 1.807) is 29.8 Å². The number of nitrogens with zero attached hydrogens (tertiary/aromatic N) is 4. The summed E-state index contributed by atoms with van der Waals surface area (Å²) in [7, 11) is 0. The number of hydrogen-bond donors (Lipinski definition) is 1. The first-order valence-corrected chi connectivity index (χ1v) is 9.01. The maximum absolute atomic E-state index is 12.9. The van der Waals surface area contributed by atoms with Gasteiger partial charge < -0.3 is 5.32 Å². The molecular formula is C20H22FN5O2. The first-order valence-electron chi connectivity index (χ1n) is 9.01. The van der Waals surface area contributed by atoms with E-state index in [-0.39, 0.29) is 17.3 Å². The standard InChI is InChI=1S/C20H22FN5O2/c1-13-12-14(2)25(23-13)18-8-9-19(27)26(24-18)15(3)20(28)22-11-10-16-4-6-17(21)7-5-16/h4-9,12,15H,10-11H2,1-3H3,(H,22,28). The molecule has 0 saturated carbocycles. The average Bonchev–Trinajstić information content (AvgIpc) is 3.01. The Morgan fingerprint density at radius 1 is 1.14 bits per heavy atom. The van der Waals surface area contributed by atoms with Crippen molar-refractivity contribution in [3.63, 3.8) is 0 Å². The zero-order chi connectivity index (χ0) is 20.3. The molecule has 28 heavy (non-hydrogen) atoms. The fourth-order valence-electron chi connectivity index (χ4n) is 2.91. The molecule has 0 bridgehead atoms. The number of hydrogen-bond acceptors (Lipinski definition) is 4. The number of nitrogens with one attached hydrogen (secondary N) is 1. The average molecular weight is 383 g/mol. The second-order valence-corrected chi connectivity index (χ2v) is 6.66. The van der Waals surface area contributed by atoms with Crippen LogP contribution in [-0.4, -0.2) is 32.0 Å². The Kier molecular flexibility index (Phi) is 5.67. The monoisotopic (exact) mass is 383 g/mol. The first kappa shape index (κ1) is 19.5. The van der Waals surface area contributed by atoms with Gasteiger partial charge in [-0.1, -0.05) is 12.1 Å². The third-order valence-corrected chi connectivity index (χ3v) is 4.41. The van der Waals surface area contributed by atoms with Gasteiger partial charge in [0.1, 0.15) is 11.9 Å². The lowest BCUT2D eigenvalue weighted by atomic mass is 10.1.